The van der Waals surface area contributed by atoms with Crippen LogP contribution >= 0.6 is 0 Å². The molecule has 0 saturated heterocycles. The minimum atomic E-state index is -0.567. The number of amides is 1. The predicted octanol–water partition coefficient (Wildman–Crippen LogP) is 2.65. The highest BCUT2D eigenvalue weighted by Crippen LogP contribution is 2.25. The Morgan fingerprint density at radius 2 is 1.90 bits per heavy atom. The van der Waals surface area contributed by atoms with Gasteiger partial charge in [0.1, 0.15) is 5.75 Å². The number of carbonyl (C=O) groups is 1. The van der Waals surface area contributed by atoms with E-state index in [1.165, 1.54) is 12.3 Å². The predicted molar refractivity (Wildman–Crippen MR) is 81.4 cm³/mol. The van der Waals surface area contributed by atoms with Crippen LogP contribution in [0.5, 0.6) is 5.75 Å². The highest BCUT2D eigenvalue weighted by Gasteiger charge is 2.10. The Morgan fingerprint density at radius 1 is 1.14 bits per heavy atom. The van der Waals surface area contributed by atoms with E-state index in [9.17, 15) is 9.90 Å². The topological polar surface area (TPSA) is 92.0 Å². The fraction of sp³-hybridized carbons (Fsp3) is 0. The summed E-state index contributed by atoms with van der Waals surface area (Å²) in [5.74, 6) is -0.565. The second-order valence-corrected chi connectivity index (χ2v) is 4.58. The molecule has 5 heteroatoms. The molecule has 2 heterocycles. The molecule has 1 amide bonds. The third kappa shape index (κ3) is 2.36. The molecule has 4 N–H and O–H groups in total. The Hall–Kier alpha value is -3.08. The quantitative estimate of drug-likeness (QED) is 0.639. The largest absolute Gasteiger partial charge is 0.506 e. The molecule has 0 spiro atoms. The Kier molecular flexibility index (Phi) is 3.16. The third-order valence-corrected chi connectivity index (χ3v) is 3.21. The maximum absolute atomic E-state index is 11.7. The van der Waals surface area contributed by atoms with E-state index in [0.717, 1.165) is 16.3 Å². The first-order valence-electron chi connectivity index (χ1n) is 6.39. The van der Waals surface area contributed by atoms with Crippen LogP contribution in [0.2, 0.25) is 0 Å². The van der Waals surface area contributed by atoms with E-state index in [1.807, 2.05) is 18.2 Å². The Labute approximate surface area is 120 Å². The van der Waals surface area contributed by atoms with Crippen molar-refractivity contribution in [3.63, 3.8) is 0 Å². The minimum Gasteiger partial charge on any atom is -0.506 e. The van der Waals surface area contributed by atoms with E-state index in [-0.39, 0.29) is 5.75 Å². The Bertz CT molecular complexity index is 898. The molecule has 21 heavy (non-hydrogen) atoms. The highest BCUT2D eigenvalue weighted by atomic mass is 16.3. The van der Waals surface area contributed by atoms with Gasteiger partial charge in [0.15, 0.2) is 0 Å². The molecule has 0 aliphatic carbocycles. The Balaban J connectivity index is 2.60. The van der Waals surface area contributed by atoms with E-state index in [2.05, 4.69) is 9.97 Å². The minimum absolute atomic E-state index is 0.00245. The summed E-state index contributed by atoms with van der Waals surface area (Å²) in [7, 11) is 0. The van der Waals surface area contributed by atoms with Crippen LogP contribution in [0.25, 0.3) is 21.8 Å². The maximum atomic E-state index is 11.7. The Morgan fingerprint density at radius 3 is 2.71 bits per heavy atom. The smallest absolute Gasteiger partial charge is 0.250 e. The number of rotatable bonds is 1. The first kappa shape index (κ1) is 12.9. The van der Waals surface area contributed by atoms with Crippen LogP contribution in [-0.2, 0) is 0 Å². The van der Waals surface area contributed by atoms with Gasteiger partial charge in [-0.1, -0.05) is 24.3 Å². The van der Waals surface area contributed by atoms with Crippen LogP contribution in [0, 0.1) is 0 Å². The molecule has 3 rings (SSSR count). The van der Waals surface area contributed by atoms with Gasteiger partial charge in [-0.2, -0.15) is 0 Å². The number of nitrogens with zero attached hydrogens (tertiary/aromatic N) is 1. The van der Waals surface area contributed by atoms with Gasteiger partial charge in [-0.05, 0) is 18.2 Å². The van der Waals surface area contributed by atoms with Crippen molar-refractivity contribution in [2.75, 3.05) is 0 Å². The highest BCUT2D eigenvalue weighted by molar-refractivity contribution is 6.14. The summed E-state index contributed by atoms with van der Waals surface area (Å²) in [4.78, 5) is 19.0. The second kappa shape index (κ2) is 5.13. The number of nitrogens with two attached hydrogens (primary N) is 1. The molecule has 1 aromatic carbocycles. The first-order chi connectivity index (χ1) is 10.2. The molecule has 0 bridgehead atoms. The number of H-pyrrole nitrogens is 1. The number of aromatic nitrogens is 2. The zero-order chi connectivity index (χ0) is 14.8. The van der Waals surface area contributed by atoms with Crippen LogP contribution in [0.3, 0.4) is 0 Å². The van der Waals surface area contributed by atoms with Gasteiger partial charge in [0.25, 0.3) is 5.91 Å². The molecule has 0 fully saturated rings. The van der Waals surface area contributed by atoms with Gasteiger partial charge < -0.3 is 15.8 Å². The number of benzene rings is 1. The number of nitrogens with one attached hydrogen (secondary N) is 1. The molecular weight excluding hydrogens is 266 g/mol. The number of hydrogen-bond acceptors (Lipinski definition) is 3. The monoisotopic (exact) mass is 279 g/mol. The van der Waals surface area contributed by atoms with Gasteiger partial charge in [-0.3, -0.25) is 9.78 Å². The van der Waals surface area contributed by atoms with Crippen LogP contribution in [-0.4, -0.2) is 21.0 Å². The SMILES string of the molecule is NC(=O)c1cc2[nH]cccc2c2ccccc(O)cnc12. The maximum Gasteiger partial charge on any atom is 0.250 e. The molecular formula is C16H13N3O2. The lowest BCUT2D eigenvalue weighted by molar-refractivity contribution is 0.100. The van der Waals surface area contributed by atoms with Crippen molar-refractivity contribution in [2.45, 2.75) is 0 Å². The first-order valence-corrected chi connectivity index (χ1v) is 6.39. The molecule has 104 valence electrons. The number of aromatic amines is 1. The molecule has 2 aromatic heterocycles. The molecule has 3 aromatic rings. The summed E-state index contributed by atoms with van der Waals surface area (Å²) in [5, 5.41) is 11.3. The van der Waals surface area contributed by atoms with E-state index in [1.54, 1.807) is 24.4 Å². The molecule has 0 aliphatic rings. The molecule has 5 nitrogen and oxygen atoms in total. The zero-order valence-corrected chi connectivity index (χ0v) is 11.1. The van der Waals surface area contributed by atoms with E-state index < -0.39 is 5.91 Å². The van der Waals surface area contributed by atoms with Crippen molar-refractivity contribution in [1.29, 1.82) is 0 Å². The summed E-state index contributed by atoms with van der Waals surface area (Å²) in [6, 6.07) is 12.3. The van der Waals surface area contributed by atoms with Crippen molar-refractivity contribution in [3.8, 4) is 5.75 Å². The van der Waals surface area contributed by atoms with E-state index in [0.29, 0.717) is 11.1 Å². The lowest BCUT2D eigenvalue weighted by Crippen LogP contribution is -2.12. The number of hydrogen-bond donors (Lipinski definition) is 3. The molecule has 0 radical (unpaired) electrons. The summed E-state index contributed by atoms with van der Waals surface area (Å²) in [6.45, 7) is 0. The fourth-order valence-electron chi connectivity index (χ4n) is 2.26. The number of aromatic hydroxyl groups is 1. The number of pyridine rings is 1. The van der Waals surface area contributed by atoms with Crippen LogP contribution in [0.1, 0.15) is 10.4 Å². The average Bonchev–Trinajstić information content (AvgIpc) is 2.57. The third-order valence-electron chi connectivity index (χ3n) is 3.21. The molecule has 0 atom stereocenters. The standard InChI is InChI=1S/C16H13N3O2/c17-16(21)13-8-14-11(6-3-7-18-14)12-5-2-1-4-10(20)9-19-15(12)13/h1-9,18,20H,(H2,17,21). The van der Waals surface area contributed by atoms with Crippen molar-refractivity contribution in [1.82, 2.24) is 9.97 Å². The lowest BCUT2D eigenvalue weighted by Gasteiger charge is -2.05. The number of carbonyl (C=O) groups excluding carboxylic acids is 1. The molecule has 0 saturated carbocycles. The lowest BCUT2D eigenvalue weighted by atomic mass is 10.0. The number of fused-ring (bicyclic) bond motifs is 3. The van der Waals surface area contributed by atoms with E-state index >= 15 is 0 Å². The van der Waals surface area contributed by atoms with Gasteiger partial charge in [0.2, 0.25) is 0 Å². The van der Waals surface area contributed by atoms with Crippen LogP contribution < -0.4 is 5.73 Å². The summed E-state index contributed by atoms with van der Waals surface area (Å²) < 4.78 is 0. The van der Waals surface area contributed by atoms with Crippen LogP contribution in [0.15, 0.2) is 54.9 Å². The van der Waals surface area contributed by atoms with Crippen molar-refractivity contribution >= 4 is 27.7 Å². The van der Waals surface area contributed by atoms with Crippen LogP contribution in [0.4, 0.5) is 0 Å². The average molecular weight is 279 g/mol. The molecule has 0 aliphatic heterocycles. The van der Waals surface area contributed by atoms with Gasteiger partial charge in [0.05, 0.1) is 17.3 Å². The van der Waals surface area contributed by atoms with Gasteiger partial charge >= 0.3 is 0 Å². The summed E-state index contributed by atoms with van der Waals surface area (Å²) >= 11 is 0. The zero-order valence-electron chi connectivity index (χ0n) is 11.1. The summed E-state index contributed by atoms with van der Waals surface area (Å²) in [5.41, 5.74) is 7.00. The van der Waals surface area contributed by atoms with Crippen molar-refractivity contribution < 1.29 is 9.90 Å². The summed E-state index contributed by atoms with van der Waals surface area (Å²) in [6.07, 6.45) is 3.08. The van der Waals surface area contributed by atoms with Gasteiger partial charge in [-0.15, -0.1) is 0 Å². The van der Waals surface area contributed by atoms with E-state index in [4.69, 9.17) is 5.73 Å². The fourth-order valence-corrected chi connectivity index (χ4v) is 2.26. The van der Waals surface area contributed by atoms with Crippen molar-refractivity contribution in [3.05, 3.63) is 60.4 Å². The number of primary amides is 1. The van der Waals surface area contributed by atoms with Gasteiger partial charge in [-0.25, -0.2) is 0 Å². The van der Waals surface area contributed by atoms with Crippen molar-refractivity contribution in [2.24, 2.45) is 5.73 Å². The molecule has 0 unspecified atom stereocenters. The normalized spacial score (nSPS) is 10.5. The second-order valence-electron chi connectivity index (χ2n) is 4.58. The van der Waals surface area contributed by atoms with Gasteiger partial charge in [0, 0.05) is 22.5 Å².